The molecule has 0 aromatic rings. The fraction of sp³-hybridized carbons (Fsp3) is 0.867. The Hall–Kier alpha value is -1.30. The fourth-order valence-electron chi connectivity index (χ4n) is 3.63. The Morgan fingerprint density at radius 2 is 1.90 bits per heavy atom. The summed E-state index contributed by atoms with van der Waals surface area (Å²) < 4.78 is 0. The third kappa shape index (κ3) is 4.33. The van der Waals surface area contributed by atoms with Gasteiger partial charge in [0, 0.05) is 19.1 Å². The largest absolute Gasteiger partial charge is 0.481 e. The van der Waals surface area contributed by atoms with Crippen molar-refractivity contribution in [2.75, 3.05) is 13.1 Å². The molecular weight excluding hydrogens is 272 g/mol. The zero-order valence-corrected chi connectivity index (χ0v) is 12.7. The molecule has 0 aromatic heterocycles. The van der Waals surface area contributed by atoms with E-state index in [2.05, 4.69) is 5.32 Å². The van der Waals surface area contributed by atoms with Gasteiger partial charge in [0.1, 0.15) is 0 Å². The number of nitrogens with one attached hydrogen (secondary N) is 1. The van der Waals surface area contributed by atoms with Gasteiger partial charge < -0.3 is 20.4 Å². The van der Waals surface area contributed by atoms with Crippen molar-refractivity contribution in [2.45, 2.75) is 63.5 Å². The van der Waals surface area contributed by atoms with Gasteiger partial charge in [-0.1, -0.05) is 12.8 Å². The summed E-state index contributed by atoms with van der Waals surface area (Å²) in [6.07, 6.45) is 6.53. The SMILES string of the molecule is CC(O)(CNC(=O)N1CCC[C@H]2CCCC[C@H]21)CC(=O)O. The van der Waals surface area contributed by atoms with Crippen LogP contribution in [0.3, 0.4) is 0 Å². The van der Waals surface area contributed by atoms with Gasteiger partial charge in [-0.3, -0.25) is 4.79 Å². The van der Waals surface area contributed by atoms with Crippen molar-refractivity contribution in [1.82, 2.24) is 10.2 Å². The number of carbonyl (C=O) groups excluding carboxylic acids is 1. The van der Waals surface area contributed by atoms with Gasteiger partial charge in [-0.15, -0.1) is 0 Å². The molecule has 2 fully saturated rings. The summed E-state index contributed by atoms with van der Waals surface area (Å²) in [7, 11) is 0. The van der Waals surface area contributed by atoms with E-state index in [9.17, 15) is 14.7 Å². The van der Waals surface area contributed by atoms with Crippen molar-refractivity contribution in [3.05, 3.63) is 0 Å². The van der Waals surface area contributed by atoms with Crippen LogP contribution in [0.4, 0.5) is 4.79 Å². The number of likely N-dealkylation sites (tertiary alicyclic amines) is 1. The monoisotopic (exact) mass is 298 g/mol. The topological polar surface area (TPSA) is 89.9 Å². The molecule has 1 aliphatic heterocycles. The number of nitrogens with zero attached hydrogens (tertiary/aromatic N) is 1. The van der Waals surface area contributed by atoms with Gasteiger partial charge in [0.15, 0.2) is 0 Å². The maximum absolute atomic E-state index is 12.3. The lowest BCUT2D eigenvalue weighted by molar-refractivity contribution is -0.141. The predicted molar refractivity (Wildman–Crippen MR) is 78.0 cm³/mol. The van der Waals surface area contributed by atoms with E-state index >= 15 is 0 Å². The smallest absolute Gasteiger partial charge is 0.317 e. The molecule has 1 heterocycles. The van der Waals surface area contributed by atoms with E-state index in [1.807, 2.05) is 4.90 Å². The first-order chi connectivity index (χ1) is 9.89. The molecule has 6 nitrogen and oxygen atoms in total. The minimum atomic E-state index is -1.41. The Morgan fingerprint density at radius 1 is 1.24 bits per heavy atom. The highest BCUT2D eigenvalue weighted by Gasteiger charge is 2.36. The summed E-state index contributed by atoms with van der Waals surface area (Å²) >= 11 is 0. The lowest BCUT2D eigenvalue weighted by Crippen LogP contribution is -2.55. The minimum Gasteiger partial charge on any atom is -0.481 e. The van der Waals surface area contributed by atoms with Crippen LogP contribution in [0.25, 0.3) is 0 Å². The van der Waals surface area contributed by atoms with Crippen molar-refractivity contribution in [2.24, 2.45) is 5.92 Å². The number of aliphatic carboxylic acids is 1. The molecule has 120 valence electrons. The normalized spacial score (nSPS) is 28.4. The predicted octanol–water partition coefficient (Wildman–Crippen LogP) is 1.58. The number of piperidine rings is 1. The number of carbonyl (C=O) groups is 2. The van der Waals surface area contributed by atoms with Crippen LogP contribution in [0, 0.1) is 5.92 Å². The van der Waals surface area contributed by atoms with Gasteiger partial charge in [-0.25, -0.2) is 4.79 Å². The summed E-state index contributed by atoms with van der Waals surface area (Å²) in [4.78, 5) is 24.9. The van der Waals surface area contributed by atoms with Gasteiger partial charge in [-0.05, 0) is 38.5 Å². The number of hydrogen-bond acceptors (Lipinski definition) is 3. The van der Waals surface area contributed by atoms with Crippen molar-refractivity contribution in [1.29, 1.82) is 0 Å². The lowest BCUT2D eigenvalue weighted by Gasteiger charge is -2.44. The van der Waals surface area contributed by atoms with E-state index in [1.54, 1.807) is 0 Å². The number of urea groups is 1. The first-order valence-electron chi connectivity index (χ1n) is 7.88. The van der Waals surface area contributed by atoms with Crippen LogP contribution in [0.2, 0.25) is 0 Å². The third-order valence-electron chi connectivity index (χ3n) is 4.66. The molecule has 0 radical (unpaired) electrons. The van der Waals surface area contributed by atoms with E-state index in [1.165, 1.54) is 32.6 Å². The minimum absolute atomic E-state index is 0.0357. The Labute approximate surface area is 125 Å². The molecule has 21 heavy (non-hydrogen) atoms. The highest BCUT2D eigenvalue weighted by atomic mass is 16.4. The summed E-state index contributed by atoms with van der Waals surface area (Å²) in [5, 5.41) is 21.4. The number of hydrogen-bond donors (Lipinski definition) is 3. The number of rotatable bonds is 4. The maximum Gasteiger partial charge on any atom is 0.317 e. The van der Waals surface area contributed by atoms with Gasteiger partial charge in [0.05, 0.1) is 12.0 Å². The van der Waals surface area contributed by atoms with Crippen LogP contribution < -0.4 is 5.32 Å². The molecule has 3 atom stereocenters. The zero-order chi connectivity index (χ0) is 15.5. The highest BCUT2D eigenvalue weighted by Crippen LogP contribution is 2.35. The maximum atomic E-state index is 12.3. The molecule has 0 bridgehead atoms. The lowest BCUT2D eigenvalue weighted by atomic mass is 9.78. The van der Waals surface area contributed by atoms with Gasteiger partial charge in [0.25, 0.3) is 0 Å². The molecule has 2 rings (SSSR count). The third-order valence-corrected chi connectivity index (χ3v) is 4.66. The summed E-state index contributed by atoms with van der Waals surface area (Å²) in [6.45, 7) is 2.15. The van der Waals surface area contributed by atoms with Crippen LogP contribution in [0.15, 0.2) is 0 Å². The van der Waals surface area contributed by atoms with Gasteiger partial charge in [0.2, 0.25) is 0 Å². The Kier molecular flexibility index (Phi) is 5.08. The Balaban J connectivity index is 1.88. The Morgan fingerprint density at radius 3 is 2.62 bits per heavy atom. The molecule has 0 spiro atoms. The second kappa shape index (κ2) is 6.64. The van der Waals surface area contributed by atoms with Crippen LogP contribution >= 0.6 is 0 Å². The molecule has 2 amide bonds. The molecule has 6 heteroatoms. The second-order valence-electron chi connectivity index (χ2n) is 6.67. The summed E-state index contributed by atoms with van der Waals surface area (Å²) in [6, 6.07) is 0.147. The van der Waals surface area contributed by atoms with E-state index in [0.717, 1.165) is 19.4 Å². The van der Waals surface area contributed by atoms with Crippen LogP contribution in [0.1, 0.15) is 51.9 Å². The number of carboxylic acid groups (broad SMARTS) is 1. The fourth-order valence-corrected chi connectivity index (χ4v) is 3.63. The number of fused-ring (bicyclic) bond motifs is 1. The van der Waals surface area contributed by atoms with Crippen LogP contribution in [-0.4, -0.2) is 51.8 Å². The quantitative estimate of drug-likeness (QED) is 0.735. The molecule has 0 aromatic carbocycles. The molecule has 2 aliphatic rings. The summed E-state index contributed by atoms with van der Waals surface area (Å²) in [5.74, 6) is -0.461. The van der Waals surface area contributed by atoms with Gasteiger partial charge >= 0.3 is 12.0 Å². The molecule has 3 N–H and O–H groups in total. The number of aliphatic hydroxyl groups is 1. The molecule has 1 unspecified atom stereocenters. The zero-order valence-electron chi connectivity index (χ0n) is 12.7. The summed E-state index contributed by atoms with van der Waals surface area (Å²) in [5.41, 5.74) is -1.41. The Bertz CT molecular complexity index is 395. The molecule has 1 saturated carbocycles. The standard InChI is InChI=1S/C15H26N2O4/c1-15(21,9-13(18)19)10-16-14(20)17-8-4-6-11-5-2-3-7-12(11)17/h11-12,21H,2-10H2,1H3,(H,16,20)(H,18,19)/t11-,12-,15?/m1/s1. The van der Waals surface area contributed by atoms with Crippen molar-refractivity contribution in [3.8, 4) is 0 Å². The molecule has 1 aliphatic carbocycles. The highest BCUT2D eigenvalue weighted by molar-refractivity contribution is 5.75. The van der Waals surface area contributed by atoms with Crippen LogP contribution in [0.5, 0.6) is 0 Å². The number of amides is 2. The van der Waals surface area contributed by atoms with Crippen molar-refractivity contribution >= 4 is 12.0 Å². The van der Waals surface area contributed by atoms with Crippen molar-refractivity contribution in [3.63, 3.8) is 0 Å². The van der Waals surface area contributed by atoms with E-state index in [0.29, 0.717) is 12.0 Å². The average molecular weight is 298 g/mol. The number of carboxylic acids is 1. The first-order valence-corrected chi connectivity index (χ1v) is 7.88. The molecule has 1 saturated heterocycles. The van der Waals surface area contributed by atoms with Gasteiger partial charge in [-0.2, -0.15) is 0 Å². The first kappa shape index (κ1) is 16.1. The van der Waals surface area contributed by atoms with E-state index in [-0.39, 0.29) is 19.0 Å². The van der Waals surface area contributed by atoms with Crippen molar-refractivity contribution < 1.29 is 19.8 Å². The van der Waals surface area contributed by atoms with E-state index in [4.69, 9.17) is 5.11 Å². The van der Waals surface area contributed by atoms with Crippen LogP contribution in [-0.2, 0) is 4.79 Å². The average Bonchev–Trinajstić information content (AvgIpc) is 2.43. The van der Waals surface area contributed by atoms with E-state index < -0.39 is 11.6 Å². The molecular formula is C15H26N2O4. The second-order valence-corrected chi connectivity index (χ2v) is 6.67.